The molecule has 182 valence electrons. The first-order valence-corrected chi connectivity index (χ1v) is 14.0. The summed E-state index contributed by atoms with van der Waals surface area (Å²) in [7, 11) is -3.70. The monoisotopic (exact) mass is 534 g/mol. The van der Waals surface area contributed by atoms with Gasteiger partial charge in [-0.1, -0.05) is 23.5 Å². The van der Waals surface area contributed by atoms with Crippen LogP contribution in [0.2, 0.25) is 0 Å². The molecule has 4 heterocycles. The van der Waals surface area contributed by atoms with Crippen molar-refractivity contribution >= 4 is 54.0 Å². The standard InChI is InChI=1S/C23H20F2N4O3S3/c24-16-11-18(25)21-19(12-16)34-23(27-21)29(14-17-6-1-2-8-26-17)22(30)15-5-3-9-28(13-15)35(31,32)20-7-4-10-33-20/h1-2,4,6-8,10-12,15H,3,5,9,13-14H2. The Hall–Kier alpha value is -2.80. The fourth-order valence-electron chi connectivity index (χ4n) is 4.07. The number of pyridine rings is 1. The molecule has 4 aromatic rings. The minimum absolute atomic E-state index is 0.0178. The number of hydrogen-bond acceptors (Lipinski definition) is 7. The molecule has 0 bridgehead atoms. The van der Waals surface area contributed by atoms with Gasteiger partial charge in [-0.25, -0.2) is 22.2 Å². The van der Waals surface area contributed by atoms with E-state index < -0.39 is 27.6 Å². The summed E-state index contributed by atoms with van der Waals surface area (Å²) in [5.74, 6) is -2.48. The molecule has 1 aliphatic rings. The lowest BCUT2D eigenvalue weighted by atomic mass is 9.98. The predicted octanol–water partition coefficient (Wildman–Crippen LogP) is 4.67. The van der Waals surface area contributed by atoms with Gasteiger partial charge >= 0.3 is 0 Å². The molecule has 35 heavy (non-hydrogen) atoms. The number of piperidine rings is 1. The number of thiazole rings is 1. The van der Waals surface area contributed by atoms with Gasteiger partial charge in [0.15, 0.2) is 10.9 Å². The van der Waals surface area contributed by atoms with Crippen LogP contribution in [-0.4, -0.2) is 41.7 Å². The SMILES string of the molecule is O=C(C1CCCN(S(=O)(=O)c2cccs2)C1)N(Cc1ccccn1)c1nc2c(F)cc(F)cc2s1. The zero-order chi connectivity index (χ0) is 24.6. The summed E-state index contributed by atoms with van der Waals surface area (Å²) < 4.78 is 56.1. The van der Waals surface area contributed by atoms with Crippen molar-refractivity contribution in [1.29, 1.82) is 0 Å². The van der Waals surface area contributed by atoms with E-state index in [9.17, 15) is 22.0 Å². The topological polar surface area (TPSA) is 83.5 Å². The Balaban J connectivity index is 1.48. The van der Waals surface area contributed by atoms with Crippen LogP contribution in [0.15, 0.2) is 58.3 Å². The molecule has 5 rings (SSSR count). The van der Waals surface area contributed by atoms with Gasteiger partial charge in [0.25, 0.3) is 10.0 Å². The van der Waals surface area contributed by atoms with Gasteiger partial charge in [0.05, 0.1) is 22.9 Å². The lowest BCUT2D eigenvalue weighted by molar-refractivity contribution is -0.123. The van der Waals surface area contributed by atoms with Gasteiger partial charge in [-0.3, -0.25) is 14.7 Å². The molecule has 0 radical (unpaired) electrons. The molecule has 0 aliphatic carbocycles. The molecular weight excluding hydrogens is 514 g/mol. The summed E-state index contributed by atoms with van der Waals surface area (Å²) in [4.78, 5) is 23.8. The zero-order valence-electron chi connectivity index (χ0n) is 18.3. The highest BCUT2D eigenvalue weighted by molar-refractivity contribution is 7.91. The molecule has 1 atom stereocenters. The van der Waals surface area contributed by atoms with E-state index >= 15 is 0 Å². The maximum Gasteiger partial charge on any atom is 0.252 e. The molecule has 1 unspecified atom stereocenters. The van der Waals surface area contributed by atoms with Gasteiger partial charge in [0.1, 0.15) is 15.5 Å². The second-order valence-electron chi connectivity index (χ2n) is 8.11. The Bertz CT molecular complexity index is 1460. The lowest BCUT2D eigenvalue weighted by Gasteiger charge is -2.33. The number of carbonyl (C=O) groups is 1. The fourth-order valence-corrected chi connectivity index (χ4v) is 7.75. The van der Waals surface area contributed by atoms with E-state index in [0.717, 1.165) is 28.7 Å². The molecule has 12 heteroatoms. The number of aromatic nitrogens is 2. The van der Waals surface area contributed by atoms with Crippen LogP contribution in [-0.2, 0) is 21.4 Å². The van der Waals surface area contributed by atoms with E-state index in [4.69, 9.17) is 0 Å². The Morgan fingerprint density at radius 2 is 2.06 bits per heavy atom. The molecular formula is C23H20F2N4O3S3. The summed E-state index contributed by atoms with van der Waals surface area (Å²) in [6.07, 6.45) is 2.63. The number of thiophene rings is 1. The van der Waals surface area contributed by atoms with E-state index in [0.29, 0.717) is 25.1 Å². The highest BCUT2D eigenvalue weighted by Gasteiger charge is 2.36. The largest absolute Gasteiger partial charge is 0.282 e. The van der Waals surface area contributed by atoms with Gasteiger partial charge in [0.2, 0.25) is 5.91 Å². The number of rotatable bonds is 6. The lowest BCUT2D eigenvalue weighted by Crippen LogP contribution is -2.46. The quantitative estimate of drug-likeness (QED) is 0.359. The third kappa shape index (κ3) is 4.83. The molecule has 3 aromatic heterocycles. The molecule has 1 aliphatic heterocycles. The maximum absolute atomic E-state index is 14.3. The van der Waals surface area contributed by atoms with Crippen LogP contribution >= 0.6 is 22.7 Å². The molecule has 7 nitrogen and oxygen atoms in total. The third-order valence-electron chi connectivity index (χ3n) is 5.77. The number of halogens is 2. The third-order valence-corrected chi connectivity index (χ3v) is 10.0. The Kier molecular flexibility index (Phi) is 6.62. The Morgan fingerprint density at radius 1 is 1.20 bits per heavy atom. The van der Waals surface area contributed by atoms with Crippen LogP contribution in [0.4, 0.5) is 13.9 Å². The van der Waals surface area contributed by atoms with Crippen molar-refractivity contribution in [2.75, 3.05) is 18.0 Å². The second kappa shape index (κ2) is 9.69. The number of hydrogen-bond donors (Lipinski definition) is 0. The van der Waals surface area contributed by atoms with Crippen LogP contribution < -0.4 is 4.90 Å². The van der Waals surface area contributed by atoms with Gasteiger partial charge < -0.3 is 0 Å². The van der Waals surface area contributed by atoms with Crippen molar-refractivity contribution in [2.24, 2.45) is 5.92 Å². The number of benzene rings is 1. The van der Waals surface area contributed by atoms with Gasteiger partial charge in [-0.15, -0.1) is 11.3 Å². The number of carbonyl (C=O) groups excluding carboxylic acids is 1. The first-order valence-electron chi connectivity index (χ1n) is 10.8. The summed E-state index contributed by atoms with van der Waals surface area (Å²) >= 11 is 2.14. The smallest absolute Gasteiger partial charge is 0.252 e. The maximum atomic E-state index is 14.3. The summed E-state index contributed by atoms with van der Waals surface area (Å²) in [6, 6.07) is 10.4. The average Bonchev–Trinajstić information content (AvgIpc) is 3.54. The van der Waals surface area contributed by atoms with Crippen molar-refractivity contribution in [3.63, 3.8) is 0 Å². The van der Waals surface area contributed by atoms with Crippen molar-refractivity contribution in [3.05, 3.63) is 71.4 Å². The van der Waals surface area contributed by atoms with Crippen LogP contribution in [0.5, 0.6) is 0 Å². The van der Waals surface area contributed by atoms with Crippen LogP contribution in [0.1, 0.15) is 18.5 Å². The van der Waals surface area contributed by atoms with Crippen molar-refractivity contribution in [1.82, 2.24) is 14.3 Å². The number of nitrogens with zero attached hydrogens (tertiary/aromatic N) is 4. The highest BCUT2D eigenvalue weighted by Crippen LogP contribution is 2.34. The van der Waals surface area contributed by atoms with E-state index in [1.165, 1.54) is 15.3 Å². The molecule has 1 fully saturated rings. The van der Waals surface area contributed by atoms with Crippen LogP contribution in [0.3, 0.4) is 0 Å². The normalized spacial score (nSPS) is 17.0. The molecule has 0 N–H and O–H groups in total. The van der Waals surface area contributed by atoms with Gasteiger partial charge in [-0.2, -0.15) is 4.31 Å². The molecule has 1 saturated heterocycles. The van der Waals surface area contributed by atoms with E-state index in [1.54, 1.807) is 41.9 Å². The molecule has 0 spiro atoms. The van der Waals surface area contributed by atoms with Crippen molar-refractivity contribution < 1.29 is 22.0 Å². The number of amides is 1. The van der Waals surface area contributed by atoms with Crippen molar-refractivity contribution in [2.45, 2.75) is 23.6 Å². The fraction of sp³-hybridized carbons (Fsp3) is 0.261. The minimum atomic E-state index is -3.70. The predicted molar refractivity (Wildman–Crippen MR) is 131 cm³/mol. The number of anilines is 1. The van der Waals surface area contributed by atoms with E-state index in [2.05, 4.69) is 9.97 Å². The first-order chi connectivity index (χ1) is 16.8. The Morgan fingerprint density at radius 3 is 2.80 bits per heavy atom. The summed E-state index contributed by atoms with van der Waals surface area (Å²) in [6.45, 7) is 0.430. The summed E-state index contributed by atoms with van der Waals surface area (Å²) in [5.41, 5.74) is 0.571. The van der Waals surface area contributed by atoms with Gasteiger partial charge in [-0.05, 0) is 42.5 Å². The summed E-state index contributed by atoms with van der Waals surface area (Å²) in [5, 5.41) is 1.90. The molecule has 0 saturated carbocycles. The Labute approximate surface area is 208 Å². The van der Waals surface area contributed by atoms with Gasteiger partial charge in [0, 0.05) is 25.4 Å². The van der Waals surface area contributed by atoms with E-state index in [1.807, 2.05) is 0 Å². The number of fused-ring (bicyclic) bond motifs is 1. The molecule has 1 aromatic carbocycles. The zero-order valence-corrected chi connectivity index (χ0v) is 20.8. The highest BCUT2D eigenvalue weighted by atomic mass is 32.2. The first kappa shape index (κ1) is 23.9. The number of sulfonamides is 1. The molecule has 1 amide bonds. The second-order valence-corrected chi connectivity index (χ2v) is 12.2. The van der Waals surface area contributed by atoms with Crippen LogP contribution in [0.25, 0.3) is 10.2 Å². The van der Waals surface area contributed by atoms with E-state index in [-0.39, 0.29) is 38.6 Å². The average molecular weight is 535 g/mol. The minimum Gasteiger partial charge on any atom is -0.282 e. The van der Waals surface area contributed by atoms with Crippen LogP contribution in [0, 0.1) is 17.6 Å². The van der Waals surface area contributed by atoms with Crippen molar-refractivity contribution in [3.8, 4) is 0 Å².